The van der Waals surface area contributed by atoms with Gasteiger partial charge in [-0.05, 0) is 44.6 Å². The van der Waals surface area contributed by atoms with Gasteiger partial charge in [0.2, 0.25) is 16.0 Å². The number of rotatable bonds is 5. The summed E-state index contributed by atoms with van der Waals surface area (Å²) in [6, 6.07) is 7.70. The maximum Gasteiger partial charge on any atom is 0.278 e. The largest absolute Gasteiger partial charge is 0.496 e. The van der Waals surface area contributed by atoms with Crippen LogP contribution >= 0.6 is 11.3 Å². The van der Waals surface area contributed by atoms with Gasteiger partial charge in [0.15, 0.2) is 0 Å². The molecule has 1 atom stereocenters. The van der Waals surface area contributed by atoms with Crippen molar-refractivity contribution in [2.45, 2.75) is 45.1 Å². The molecule has 2 aliphatic rings. The van der Waals surface area contributed by atoms with E-state index in [0.717, 1.165) is 72.8 Å². The van der Waals surface area contributed by atoms with E-state index in [1.807, 2.05) is 24.3 Å². The predicted molar refractivity (Wildman–Crippen MR) is 124 cm³/mol. The number of fused-ring (bicyclic) bond motifs is 2. The minimum Gasteiger partial charge on any atom is -0.496 e. The molecule has 32 heavy (non-hydrogen) atoms. The molecule has 5 rings (SSSR count). The summed E-state index contributed by atoms with van der Waals surface area (Å²) in [5.41, 5.74) is 2.67. The van der Waals surface area contributed by atoms with Gasteiger partial charge in [-0.2, -0.15) is 4.52 Å². The van der Waals surface area contributed by atoms with E-state index in [4.69, 9.17) is 9.72 Å². The molecule has 1 N–H and O–H groups in total. The lowest BCUT2D eigenvalue weighted by atomic mass is 9.97. The van der Waals surface area contributed by atoms with Gasteiger partial charge in [0, 0.05) is 30.8 Å². The molecule has 1 aliphatic heterocycles. The first-order valence-corrected chi connectivity index (χ1v) is 12.0. The summed E-state index contributed by atoms with van der Waals surface area (Å²) in [5, 5.41) is 8.41. The molecule has 0 saturated carbocycles. The van der Waals surface area contributed by atoms with Gasteiger partial charge in [0.25, 0.3) is 5.56 Å². The number of carbonyl (C=O) groups is 1. The average Bonchev–Trinajstić information content (AvgIpc) is 3.27. The molecule has 0 radical (unpaired) electrons. The van der Waals surface area contributed by atoms with Gasteiger partial charge in [-0.3, -0.25) is 9.59 Å². The van der Waals surface area contributed by atoms with Crippen molar-refractivity contribution < 1.29 is 9.53 Å². The van der Waals surface area contributed by atoms with Crippen LogP contribution in [0.25, 0.3) is 4.96 Å². The number of nitrogens with zero attached hydrogens (tertiary/aromatic N) is 4. The summed E-state index contributed by atoms with van der Waals surface area (Å²) in [6.07, 6.45) is 5.51. The SMILES string of the molecule is COc1ccccc1CNC(=O)[C@H]1CCCN(c2nn3c(=O)c4c(nc3s2)CCCC4)C1. The van der Waals surface area contributed by atoms with E-state index in [1.165, 1.54) is 15.9 Å². The average molecular weight is 454 g/mol. The molecule has 1 aliphatic carbocycles. The number of methoxy groups -OCH3 is 1. The molecule has 1 saturated heterocycles. The molecule has 168 valence electrons. The van der Waals surface area contributed by atoms with Crippen LogP contribution in [-0.4, -0.2) is 40.7 Å². The third-order valence-corrected chi connectivity index (χ3v) is 7.35. The number of amides is 1. The van der Waals surface area contributed by atoms with Crippen molar-refractivity contribution in [2.24, 2.45) is 5.92 Å². The minimum atomic E-state index is -0.122. The number of hydrogen-bond acceptors (Lipinski definition) is 7. The van der Waals surface area contributed by atoms with Crippen LogP contribution in [0.4, 0.5) is 5.13 Å². The fourth-order valence-electron chi connectivity index (χ4n) is 4.63. The molecule has 8 nitrogen and oxygen atoms in total. The Kier molecular flexibility index (Phi) is 5.82. The zero-order chi connectivity index (χ0) is 22.1. The van der Waals surface area contributed by atoms with Crippen molar-refractivity contribution in [3.63, 3.8) is 0 Å². The Labute approximate surface area is 190 Å². The van der Waals surface area contributed by atoms with Crippen LogP contribution in [0.15, 0.2) is 29.1 Å². The fraction of sp³-hybridized carbons (Fsp3) is 0.478. The smallest absolute Gasteiger partial charge is 0.278 e. The molecule has 0 unspecified atom stereocenters. The van der Waals surface area contributed by atoms with E-state index in [2.05, 4.69) is 15.3 Å². The molecule has 3 aromatic rings. The standard InChI is InChI=1S/C23H27N5O3S/c1-31-19-11-5-2-7-15(19)13-24-20(29)16-8-6-12-27(14-16)23-26-28-21(30)17-9-3-4-10-18(17)25-22(28)32-23/h2,5,7,11,16H,3-4,6,8-10,12-14H2,1H3,(H,24,29)/t16-/m0/s1. The van der Waals surface area contributed by atoms with Crippen LogP contribution in [0, 0.1) is 5.92 Å². The van der Waals surface area contributed by atoms with Crippen molar-refractivity contribution in [3.05, 3.63) is 51.4 Å². The van der Waals surface area contributed by atoms with Crippen molar-refractivity contribution in [2.75, 3.05) is 25.1 Å². The van der Waals surface area contributed by atoms with Gasteiger partial charge >= 0.3 is 0 Å². The second-order valence-electron chi connectivity index (χ2n) is 8.44. The Morgan fingerprint density at radius 1 is 1.25 bits per heavy atom. The Balaban J connectivity index is 1.30. The molecule has 2 aromatic heterocycles. The Hall–Kier alpha value is -2.94. The van der Waals surface area contributed by atoms with E-state index in [0.29, 0.717) is 18.1 Å². The highest BCUT2D eigenvalue weighted by Gasteiger charge is 2.28. The Morgan fingerprint density at radius 2 is 2.09 bits per heavy atom. The number of anilines is 1. The lowest BCUT2D eigenvalue weighted by Gasteiger charge is -2.31. The van der Waals surface area contributed by atoms with Crippen LogP contribution < -0.4 is 20.5 Å². The highest BCUT2D eigenvalue weighted by molar-refractivity contribution is 7.20. The second-order valence-corrected chi connectivity index (χ2v) is 9.38. The quantitative estimate of drug-likeness (QED) is 0.639. The summed E-state index contributed by atoms with van der Waals surface area (Å²) < 4.78 is 6.83. The van der Waals surface area contributed by atoms with Crippen LogP contribution in [0.1, 0.15) is 42.5 Å². The van der Waals surface area contributed by atoms with Crippen LogP contribution in [0.3, 0.4) is 0 Å². The number of ether oxygens (including phenoxy) is 1. The van der Waals surface area contributed by atoms with Gasteiger partial charge in [0.1, 0.15) is 5.75 Å². The monoisotopic (exact) mass is 453 g/mol. The zero-order valence-corrected chi connectivity index (χ0v) is 19.0. The highest BCUT2D eigenvalue weighted by Crippen LogP contribution is 2.28. The first-order chi connectivity index (χ1) is 15.6. The van der Waals surface area contributed by atoms with Crippen molar-refractivity contribution >= 4 is 27.3 Å². The Bertz CT molecular complexity index is 1200. The number of para-hydroxylation sites is 1. The topological polar surface area (TPSA) is 88.8 Å². The van der Waals surface area contributed by atoms with Gasteiger partial charge in [-0.1, -0.05) is 29.5 Å². The predicted octanol–water partition coefficient (Wildman–Crippen LogP) is 2.57. The van der Waals surface area contributed by atoms with Gasteiger partial charge in [-0.15, -0.1) is 5.10 Å². The van der Waals surface area contributed by atoms with Gasteiger partial charge in [-0.25, -0.2) is 4.98 Å². The van der Waals surface area contributed by atoms with E-state index in [-0.39, 0.29) is 17.4 Å². The molecule has 0 bridgehead atoms. The normalized spacial score (nSPS) is 18.4. The number of carbonyl (C=O) groups excluding carboxylic acids is 1. The van der Waals surface area contributed by atoms with E-state index in [9.17, 15) is 9.59 Å². The fourth-order valence-corrected chi connectivity index (χ4v) is 5.58. The van der Waals surface area contributed by atoms with E-state index >= 15 is 0 Å². The first kappa shape index (κ1) is 20.9. The van der Waals surface area contributed by atoms with Crippen molar-refractivity contribution in [3.8, 4) is 5.75 Å². The highest BCUT2D eigenvalue weighted by atomic mass is 32.1. The maximum absolute atomic E-state index is 12.9. The molecule has 1 fully saturated rings. The molecule has 0 spiro atoms. The van der Waals surface area contributed by atoms with Crippen LogP contribution in [0.5, 0.6) is 5.75 Å². The number of aromatic nitrogens is 3. The first-order valence-electron chi connectivity index (χ1n) is 11.2. The lowest BCUT2D eigenvalue weighted by molar-refractivity contribution is -0.125. The summed E-state index contributed by atoms with van der Waals surface area (Å²) >= 11 is 1.44. The van der Waals surface area contributed by atoms with Crippen LogP contribution in [0.2, 0.25) is 0 Å². The number of piperidine rings is 1. The molecule has 1 aromatic carbocycles. The van der Waals surface area contributed by atoms with Crippen LogP contribution in [-0.2, 0) is 24.2 Å². The van der Waals surface area contributed by atoms with E-state index in [1.54, 1.807) is 7.11 Å². The lowest BCUT2D eigenvalue weighted by Crippen LogP contribution is -2.43. The molecule has 1 amide bonds. The maximum atomic E-state index is 12.9. The second kappa shape index (κ2) is 8.90. The van der Waals surface area contributed by atoms with Crippen molar-refractivity contribution in [1.82, 2.24) is 19.9 Å². The summed E-state index contributed by atoms with van der Waals surface area (Å²) in [6.45, 7) is 1.85. The molecular formula is C23H27N5O3S. The van der Waals surface area contributed by atoms with Gasteiger partial charge < -0.3 is 15.0 Å². The van der Waals surface area contributed by atoms with E-state index < -0.39 is 0 Å². The molecular weight excluding hydrogens is 426 g/mol. The zero-order valence-electron chi connectivity index (χ0n) is 18.2. The summed E-state index contributed by atoms with van der Waals surface area (Å²) in [5.74, 6) is 0.684. The number of hydrogen-bond donors (Lipinski definition) is 1. The van der Waals surface area contributed by atoms with Gasteiger partial charge in [0.05, 0.1) is 18.7 Å². The summed E-state index contributed by atoms with van der Waals surface area (Å²) in [7, 11) is 1.63. The minimum absolute atomic E-state index is 0.0321. The third kappa shape index (κ3) is 3.97. The summed E-state index contributed by atoms with van der Waals surface area (Å²) in [4.78, 5) is 33.3. The number of benzene rings is 1. The number of aryl methyl sites for hydroxylation is 1. The molecule has 9 heteroatoms. The Morgan fingerprint density at radius 3 is 2.97 bits per heavy atom. The van der Waals surface area contributed by atoms with Crippen molar-refractivity contribution in [1.29, 1.82) is 0 Å². The third-order valence-electron chi connectivity index (χ3n) is 6.38. The number of nitrogens with one attached hydrogen (secondary N) is 1. The molecule has 3 heterocycles.